The summed E-state index contributed by atoms with van der Waals surface area (Å²) >= 11 is 0. The second-order valence-electron chi connectivity index (χ2n) is 8.81. The molecule has 5 rings (SSSR count). The molecule has 0 aromatic heterocycles. The first-order valence-corrected chi connectivity index (χ1v) is 11.1. The second kappa shape index (κ2) is 7.78. The molecule has 2 amide bonds. The molecule has 5 nitrogen and oxygen atoms in total. The van der Waals surface area contributed by atoms with Crippen LogP contribution in [0.5, 0.6) is 5.75 Å². The van der Waals surface area contributed by atoms with Crippen LogP contribution < -0.4 is 15.0 Å². The van der Waals surface area contributed by atoms with Crippen LogP contribution in [0.25, 0.3) is 0 Å². The van der Waals surface area contributed by atoms with Crippen LogP contribution in [0.4, 0.5) is 5.69 Å². The number of hydrogen-bond donors (Lipinski definition) is 1. The molecule has 2 aromatic rings. The van der Waals surface area contributed by atoms with Crippen molar-refractivity contribution in [2.75, 3.05) is 11.4 Å². The number of nitrogens with zero attached hydrogens (tertiary/aromatic N) is 1. The normalized spacial score (nSPS) is 22.5. The average molecular weight is 405 g/mol. The first kappa shape index (κ1) is 19.2. The Morgan fingerprint density at radius 3 is 2.67 bits per heavy atom. The lowest BCUT2D eigenvalue weighted by atomic mass is 9.77. The van der Waals surface area contributed by atoms with E-state index in [9.17, 15) is 9.59 Å². The van der Waals surface area contributed by atoms with E-state index < -0.39 is 0 Å². The minimum atomic E-state index is -0.172. The summed E-state index contributed by atoms with van der Waals surface area (Å²) in [5, 5.41) is 3.27. The minimum Gasteiger partial charge on any atom is -0.487 e. The average Bonchev–Trinajstić information content (AvgIpc) is 3.20. The van der Waals surface area contributed by atoms with Crippen molar-refractivity contribution in [1.29, 1.82) is 0 Å². The molecule has 30 heavy (non-hydrogen) atoms. The summed E-state index contributed by atoms with van der Waals surface area (Å²) in [7, 11) is 0. The molecule has 1 N–H and O–H groups in total. The van der Waals surface area contributed by atoms with Crippen molar-refractivity contribution in [2.24, 2.45) is 0 Å². The number of fused-ring (bicyclic) bond motifs is 1. The van der Waals surface area contributed by atoms with Crippen LogP contribution in [0.15, 0.2) is 48.5 Å². The molecule has 2 aliphatic heterocycles. The van der Waals surface area contributed by atoms with Crippen LogP contribution in [0.3, 0.4) is 0 Å². The van der Waals surface area contributed by atoms with Crippen molar-refractivity contribution < 1.29 is 14.3 Å². The lowest BCUT2D eigenvalue weighted by Gasteiger charge is -2.44. The summed E-state index contributed by atoms with van der Waals surface area (Å²) in [6.45, 7) is 0.722. The fourth-order valence-corrected chi connectivity index (χ4v) is 5.23. The molecule has 156 valence electrons. The Hall–Kier alpha value is -2.82. The summed E-state index contributed by atoms with van der Waals surface area (Å²) in [6, 6.07) is 15.4. The molecule has 5 heteroatoms. The van der Waals surface area contributed by atoms with Gasteiger partial charge in [-0.1, -0.05) is 30.7 Å². The highest BCUT2D eigenvalue weighted by Gasteiger charge is 2.42. The minimum absolute atomic E-state index is 0.0716. The highest BCUT2D eigenvalue weighted by atomic mass is 16.5. The summed E-state index contributed by atoms with van der Waals surface area (Å²) in [6.07, 6.45) is 7.95. The van der Waals surface area contributed by atoms with E-state index in [-0.39, 0.29) is 23.5 Å². The van der Waals surface area contributed by atoms with E-state index in [1.54, 1.807) is 4.90 Å². The number of carbonyl (C=O) groups excluding carboxylic acids is 2. The summed E-state index contributed by atoms with van der Waals surface area (Å²) in [5.74, 6) is 0.925. The largest absolute Gasteiger partial charge is 0.487 e. The van der Waals surface area contributed by atoms with Gasteiger partial charge >= 0.3 is 0 Å². The molecule has 1 saturated heterocycles. The van der Waals surface area contributed by atoms with Gasteiger partial charge in [-0.3, -0.25) is 9.59 Å². The van der Waals surface area contributed by atoms with Gasteiger partial charge in [0.05, 0.1) is 6.04 Å². The van der Waals surface area contributed by atoms with Crippen molar-refractivity contribution >= 4 is 17.5 Å². The number of rotatable bonds is 3. The van der Waals surface area contributed by atoms with E-state index in [4.69, 9.17) is 4.74 Å². The quantitative estimate of drug-likeness (QED) is 0.802. The molecule has 2 heterocycles. The number of anilines is 1. The van der Waals surface area contributed by atoms with Crippen molar-refractivity contribution in [3.63, 3.8) is 0 Å². The van der Waals surface area contributed by atoms with Gasteiger partial charge in [-0.15, -0.1) is 0 Å². The number of hydrogen-bond acceptors (Lipinski definition) is 3. The Morgan fingerprint density at radius 2 is 1.87 bits per heavy atom. The lowest BCUT2D eigenvalue weighted by molar-refractivity contribution is -0.117. The van der Waals surface area contributed by atoms with Gasteiger partial charge in [0, 0.05) is 36.2 Å². The topological polar surface area (TPSA) is 58.6 Å². The maximum atomic E-state index is 13.2. The third-order valence-corrected chi connectivity index (χ3v) is 6.76. The Kier molecular flexibility index (Phi) is 4.97. The van der Waals surface area contributed by atoms with Gasteiger partial charge in [-0.25, -0.2) is 0 Å². The Bertz CT molecular complexity index is 964. The number of amides is 2. The number of carbonyl (C=O) groups is 2. The number of ether oxygens (including phenoxy) is 1. The van der Waals surface area contributed by atoms with Gasteiger partial charge in [0.25, 0.3) is 5.91 Å². The van der Waals surface area contributed by atoms with Gasteiger partial charge in [-0.05, 0) is 56.4 Å². The van der Waals surface area contributed by atoms with Crippen LogP contribution in [0.1, 0.15) is 73.3 Å². The lowest BCUT2D eigenvalue weighted by Crippen LogP contribution is -2.46. The highest BCUT2D eigenvalue weighted by molar-refractivity contribution is 5.99. The van der Waals surface area contributed by atoms with Gasteiger partial charge in [0.2, 0.25) is 5.91 Å². The van der Waals surface area contributed by atoms with Crippen molar-refractivity contribution in [3.8, 4) is 5.75 Å². The molecule has 3 aliphatic rings. The zero-order valence-corrected chi connectivity index (χ0v) is 17.2. The monoisotopic (exact) mass is 404 g/mol. The van der Waals surface area contributed by atoms with Crippen LogP contribution in [0.2, 0.25) is 0 Å². The molecule has 2 aromatic carbocycles. The molecular weight excluding hydrogens is 376 g/mol. The summed E-state index contributed by atoms with van der Waals surface area (Å²) in [4.78, 5) is 27.1. The number of para-hydroxylation sites is 1. The predicted molar refractivity (Wildman–Crippen MR) is 116 cm³/mol. The van der Waals surface area contributed by atoms with E-state index in [1.165, 1.54) is 19.3 Å². The molecular formula is C25H28N2O3. The molecule has 1 saturated carbocycles. The molecule has 0 unspecified atom stereocenters. The molecule has 2 fully saturated rings. The van der Waals surface area contributed by atoms with Crippen molar-refractivity contribution in [1.82, 2.24) is 5.32 Å². The fraction of sp³-hybridized carbons (Fsp3) is 0.440. The number of benzene rings is 2. The standard InChI is InChI=1S/C25H28N2O3/c28-23-12-7-15-27(23)19-9-6-8-18(16-19)24(29)26-21-17-25(13-4-1-5-14-25)30-22-11-3-2-10-20(21)22/h2-3,6,8-11,16,21H,1,4-5,7,12-15,17H2,(H,26,29)/t21-/m1/s1. The Balaban J connectivity index is 1.39. The van der Waals surface area contributed by atoms with E-state index >= 15 is 0 Å². The van der Waals surface area contributed by atoms with E-state index in [0.717, 1.165) is 49.2 Å². The van der Waals surface area contributed by atoms with Crippen LogP contribution in [0, 0.1) is 0 Å². The van der Waals surface area contributed by atoms with Crippen LogP contribution in [-0.4, -0.2) is 24.0 Å². The maximum Gasteiger partial charge on any atom is 0.251 e. The van der Waals surface area contributed by atoms with E-state index in [0.29, 0.717) is 12.0 Å². The third kappa shape index (κ3) is 3.57. The third-order valence-electron chi connectivity index (χ3n) is 6.76. The molecule has 0 bridgehead atoms. The highest BCUT2D eigenvalue weighted by Crippen LogP contribution is 2.46. The molecule has 1 spiro atoms. The number of nitrogens with one attached hydrogen (secondary N) is 1. The Morgan fingerprint density at radius 1 is 1.03 bits per heavy atom. The predicted octanol–water partition coefficient (Wildman–Crippen LogP) is 4.77. The fourth-order valence-electron chi connectivity index (χ4n) is 5.23. The Labute approximate surface area is 177 Å². The zero-order valence-electron chi connectivity index (χ0n) is 17.2. The van der Waals surface area contributed by atoms with Gasteiger partial charge in [0.1, 0.15) is 11.4 Å². The van der Waals surface area contributed by atoms with Gasteiger partial charge < -0.3 is 15.0 Å². The van der Waals surface area contributed by atoms with Crippen LogP contribution >= 0.6 is 0 Å². The smallest absolute Gasteiger partial charge is 0.251 e. The van der Waals surface area contributed by atoms with Gasteiger partial charge in [-0.2, -0.15) is 0 Å². The summed E-state index contributed by atoms with van der Waals surface area (Å²) < 4.78 is 6.48. The second-order valence-corrected chi connectivity index (χ2v) is 8.81. The molecule has 0 radical (unpaired) electrons. The SMILES string of the molecule is O=C(N[C@@H]1CC2(CCCCC2)Oc2ccccc21)c1cccc(N2CCCC2=O)c1. The zero-order chi connectivity index (χ0) is 20.6. The van der Waals surface area contributed by atoms with E-state index in [2.05, 4.69) is 11.4 Å². The molecule has 1 atom stereocenters. The van der Waals surface area contributed by atoms with Crippen LogP contribution in [-0.2, 0) is 4.79 Å². The van der Waals surface area contributed by atoms with Crippen molar-refractivity contribution in [2.45, 2.75) is 63.0 Å². The van der Waals surface area contributed by atoms with E-state index in [1.807, 2.05) is 42.5 Å². The first-order chi connectivity index (χ1) is 14.6. The molecule has 1 aliphatic carbocycles. The van der Waals surface area contributed by atoms with Gasteiger partial charge in [0.15, 0.2) is 0 Å². The maximum absolute atomic E-state index is 13.2. The van der Waals surface area contributed by atoms with Crippen molar-refractivity contribution in [3.05, 3.63) is 59.7 Å². The summed E-state index contributed by atoms with van der Waals surface area (Å²) in [5.41, 5.74) is 2.28. The first-order valence-electron chi connectivity index (χ1n) is 11.1.